The average molecular weight is 354 g/mol. The Morgan fingerprint density at radius 3 is 2.73 bits per heavy atom. The van der Waals surface area contributed by atoms with E-state index >= 15 is 0 Å². The summed E-state index contributed by atoms with van der Waals surface area (Å²) in [6, 6.07) is 10.4. The first-order chi connectivity index (χ1) is 12.7. The van der Waals surface area contributed by atoms with Crippen molar-refractivity contribution in [1.82, 2.24) is 15.7 Å². The fraction of sp³-hybridized carbons (Fsp3) is 0.263. The lowest BCUT2D eigenvalue weighted by molar-refractivity contribution is -0.120. The van der Waals surface area contributed by atoms with Crippen molar-refractivity contribution < 1.29 is 14.3 Å². The summed E-state index contributed by atoms with van der Waals surface area (Å²) in [4.78, 5) is 27.7. The van der Waals surface area contributed by atoms with Crippen LogP contribution in [0.1, 0.15) is 35.7 Å². The van der Waals surface area contributed by atoms with Gasteiger partial charge in [0.1, 0.15) is 5.75 Å². The maximum atomic E-state index is 12.0. The zero-order chi connectivity index (χ0) is 18.6. The number of rotatable bonds is 9. The second-order valence-electron chi connectivity index (χ2n) is 5.49. The second-order valence-corrected chi connectivity index (χ2v) is 5.49. The molecule has 0 fully saturated rings. The summed E-state index contributed by atoms with van der Waals surface area (Å²) in [5, 5.41) is 6.35. The minimum Gasteiger partial charge on any atom is -0.494 e. The number of pyridine rings is 1. The van der Waals surface area contributed by atoms with Gasteiger partial charge in [0.05, 0.1) is 19.4 Å². The van der Waals surface area contributed by atoms with Crippen LogP contribution in [-0.4, -0.2) is 36.2 Å². The summed E-state index contributed by atoms with van der Waals surface area (Å²) in [7, 11) is 0. The zero-order valence-corrected chi connectivity index (χ0v) is 14.6. The Bertz CT molecular complexity index is 730. The molecular formula is C19H22N4O3. The first kappa shape index (κ1) is 19.1. The topological polar surface area (TPSA) is 92.7 Å². The lowest BCUT2D eigenvalue weighted by Crippen LogP contribution is -2.34. The van der Waals surface area contributed by atoms with Crippen LogP contribution in [0.25, 0.3) is 0 Å². The van der Waals surface area contributed by atoms with Gasteiger partial charge in [-0.1, -0.05) is 19.4 Å². The maximum Gasteiger partial charge on any atom is 0.259 e. The normalized spacial score (nSPS) is 10.5. The Kier molecular flexibility index (Phi) is 7.79. The van der Waals surface area contributed by atoms with Crippen molar-refractivity contribution in [3.8, 4) is 5.75 Å². The third-order valence-electron chi connectivity index (χ3n) is 3.38. The molecule has 0 aliphatic rings. The Balaban J connectivity index is 1.73. The Morgan fingerprint density at radius 2 is 2.04 bits per heavy atom. The van der Waals surface area contributed by atoms with E-state index in [0.29, 0.717) is 12.2 Å². The number of ether oxygens (including phenoxy) is 1. The summed E-state index contributed by atoms with van der Waals surface area (Å²) in [6.45, 7) is 2.58. The standard InChI is InChI=1S/C19H22N4O3/c1-2-3-11-26-17-8-6-16(7-9-17)19(25)21-14-18(24)23-22-13-15-5-4-10-20-12-15/h4-10,12-13H,2-3,11,14H2,1H3,(H,21,25)(H,23,24). The highest BCUT2D eigenvalue weighted by Crippen LogP contribution is 2.12. The predicted octanol–water partition coefficient (Wildman–Crippen LogP) is 2.14. The molecule has 0 unspecified atom stereocenters. The van der Waals surface area contributed by atoms with E-state index in [1.807, 2.05) is 0 Å². The fourth-order valence-electron chi connectivity index (χ4n) is 1.97. The summed E-state index contributed by atoms with van der Waals surface area (Å²) in [5.74, 6) is -0.0352. The van der Waals surface area contributed by atoms with Gasteiger partial charge in [0.25, 0.3) is 11.8 Å². The first-order valence-electron chi connectivity index (χ1n) is 8.42. The zero-order valence-electron chi connectivity index (χ0n) is 14.6. The molecule has 2 rings (SSSR count). The molecule has 2 N–H and O–H groups in total. The molecule has 7 nitrogen and oxygen atoms in total. The van der Waals surface area contributed by atoms with E-state index in [0.717, 1.165) is 24.2 Å². The number of hydrazone groups is 1. The lowest BCUT2D eigenvalue weighted by Gasteiger charge is -2.07. The molecule has 0 aliphatic carbocycles. The SMILES string of the molecule is CCCCOc1ccc(C(=O)NCC(=O)NN=Cc2cccnc2)cc1. The monoisotopic (exact) mass is 354 g/mol. The third-order valence-corrected chi connectivity index (χ3v) is 3.38. The Morgan fingerprint density at radius 1 is 1.23 bits per heavy atom. The molecular weight excluding hydrogens is 332 g/mol. The van der Waals surface area contributed by atoms with Gasteiger partial charge in [0.2, 0.25) is 0 Å². The molecule has 0 radical (unpaired) electrons. The highest BCUT2D eigenvalue weighted by molar-refractivity contribution is 5.96. The van der Waals surface area contributed by atoms with Crippen LogP contribution >= 0.6 is 0 Å². The molecule has 0 aliphatic heterocycles. The number of carbonyl (C=O) groups is 2. The van der Waals surface area contributed by atoms with Crippen molar-refractivity contribution in [3.63, 3.8) is 0 Å². The Labute approximate surface area is 152 Å². The molecule has 0 bridgehead atoms. The lowest BCUT2D eigenvalue weighted by atomic mass is 10.2. The van der Waals surface area contributed by atoms with Gasteiger partial charge in [-0.2, -0.15) is 5.10 Å². The van der Waals surface area contributed by atoms with Gasteiger partial charge in [-0.3, -0.25) is 14.6 Å². The molecule has 0 saturated carbocycles. The van der Waals surface area contributed by atoms with Gasteiger partial charge < -0.3 is 10.1 Å². The van der Waals surface area contributed by atoms with Crippen molar-refractivity contribution in [2.75, 3.05) is 13.2 Å². The van der Waals surface area contributed by atoms with E-state index in [-0.39, 0.29) is 12.5 Å². The second kappa shape index (κ2) is 10.6. The predicted molar refractivity (Wildman–Crippen MR) is 99.2 cm³/mol. The van der Waals surface area contributed by atoms with E-state index in [1.54, 1.807) is 48.8 Å². The number of hydrogen-bond donors (Lipinski definition) is 2. The molecule has 136 valence electrons. The number of nitrogens with zero attached hydrogens (tertiary/aromatic N) is 2. The van der Waals surface area contributed by atoms with E-state index in [9.17, 15) is 9.59 Å². The minimum atomic E-state index is -0.419. The van der Waals surface area contributed by atoms with Crippen LogP contribution in [0, 0.1) is 0 Å². The largest absolute Gasteiger partial charge is 0.494 e. The molecule has 0 saturated heterocycles. The molecule has 0 spiro atoms. The smallest absolute Gasteiger partial charge is 0.259 e. The number of benzene rings is 1. The van der Waals surface area contributed by atoms with Gasteiger partial charge in [-0.25, -0.2) is 5.43 Å². The van der Waals surface area contributed by atoms with Crippen molar-refractivity contribution in [3.05, 3.63) is 59.9 Å². The molecule has 2 amide bonds. The molecule has 7 heteroatoms. The van der Waals surface area contributed by atoms with Crippen LogP contribution < -0.4 is 15.5 Å². The van der Waals surface area contributed by atoms with Crippen LogP contribution in [0.3, 0.4) is 0 Å². The quantitative estimate of drug-likeness (QED) is 0.410. The molecule has 1 aromatic carbocycles. The van der Waals surface area contributed by atoms with Crippen LogP contribution in [0.15, 0.2) is 53.9 Å². The number of hydrogen-bond acceptors (Lipinski definition) is 5. The van der Waals surface area contributed by atoms with Crippen molar-refractivity contribution in [1.29, 1.82) is 0 Å². The van der Waals surface area contributed by atoms with Crippen molar-refractivity contribution in [2.24, 2.45) is 5.10 Å². The molecule has 1 heterocycles. The number of amides is 2. The van der Waals surface area contributed by atoms with Crippen LogP contribution in [0.4, 0.5) is 0 Å². The van der Waals surface area contributed by atoms with Gasteiger partial charge in [0, 0.05) is 23.5 Å². The Hall–Kier alpha value is -3.22. The average Bonchev–Trinajstić information content (AvgIpc) is 2.68. The summed E-state index contributed by atoms with van der Waals surface area (Å²) in [5.41, 5.74) is 3.56. The highest BCUT2D eigenvalue weighted by Gasteiger charge is 2.07. The van der Waals surface area contributed by atoms with Crippen molar-refractivity contribution in [2.45, 2.75) is 19.8 Å². The summed E-state index contributed by atoms with van der Waals surface area (Å²) >= 11 is 0. The van der Waals surface area contributed by atoms with Crippen LogP contribution in [-0.2, 0) is 4.79 Å². The van der Waals surface area contributed by atoms with Gasteiger partial charge in [-0.15, -0.1) is 0 Å². The van der Waals surface area contributed by atoms with Gasteiger partial charge >= 0.3 is 0 Å². The number of unbranched alkanes of at least 4 members (excludes halogenated alkanes) is 1. The van der Waals surface area contributed by atoms with E-state index < -0.39 is 5.91 Å². The molecule has 26 heavy (non-hydrogen) atoms. The molecule has 1 aromatic heterocycles. The van der Waals surface area contributed by atoms with E-state index in [4.69, 9.17) is 4.74 Å². The van der Waals surface area contributed by atoms with Crippen LogP contribution in [0.2, 0.25) is 0 Å². The molecule has 2 aromatic rings. The van der Waals surface area contributed by atoms with E-state index in [2.05, 4.69) is 27.8 Å². The maximum absolute atomic E-state index is 12.0. The minimum absolute atomic E-state index is 0.169. The number of aromatic nitrogens is 1. The van der Waals surface area contributed by atoms with Crippen LogP contribution in [0.5, 0.6) is 5.75 Å². The fourth-order valence-corrected chi connectivity index (χ4v) is 1.97. The number of nitrogens with one attached hydrogen (secondary N) is 2. The highest BCUT2D eigenvalue weighted by atomic mass is 16.5. The number of carbonyl (C=O) groups excluding carboxylic acids is 2. The van der Waals surface area contributed by atoms with Crippen molar-refractivity contribution >= 4 is 18.0 Å². The third kappa shape index (κ3) is 6.72. The summed E-state index contributed by atoms with van der Waals surface area (Å²) in [6.07, 6.45) is 6.79. The van der Waals surface area contributed by atoms with E-state index in [1.165, 1.54) is 6.21 Å². The first-order valence-corrected chi connectivity index (χ1v) is 8.42. The summed E-state index contributed by atoms with van der Waals surface area (Å²) < 4.78 is 5.54. The molecule has 0 atom stereocenters. The van der Waals surface area contributed by atoms with Gasteiger partial charge in [0.15, 0.2) is 0 Å². The van der Waals surface area contributed by atoms with Gasteiger partial charge in [-0.05, 0) is 36.8 Å².